The average Bonchev–Trinajstić information content (AvgIpc) is 2.84. The van der Waals surface area contributed by atoms with Gasteiger partial charge in [0.15, 0.2) is 0 Å². The molecule has 2 heterocycles. The molecule has 5 heteroatoms. The summed E-state index contributed by atoms with van der Waals surface area (Å²) >= 11 is 3.55. The minimum absolute atomic E-state index is 0.0387. The number of halogens is 1. The van der Waals surface area contributed by atoms with Crippen LogP contribution < -0.4 is 10.9 Å². The van der Waals surface area contributed by atoms with Crippen LogP contribution in [-0.2, 0) is 13.1 Å². The first-order valence-corrected chi connectivity index (χ1v) is 6.95. The van der Waals surface area contributed by atoms with E-state index < -0.39 is 0 Å². The van der Waals surface area contributed by atoms with Gasteiger partial charge in [-0.3, -0.25) is 4.79 Å². The number of fused-ring (bicyclic) bond motifs is 1. The zero-order valence-electron chi connectivity index (χ0n) is 10.8. The van der Waals surface area contributed by atoms with Crippen LogP contribution in [0.2, 0.25) is 0 Å². The number of nitrogens with one attached hydrogen (secondary N) is 2. The smallest absolute Gasteiger partial charge is 0.255 e. The summed E-state index contributed by atoms with van der Waals surface area (Å²) < 4.78 is 1.10. The molecule has 1 aromatic carbocycles. The van der Waals surface area contributed by atoms with Gasteiger partial charge in [0.05, 0.1) is 11.3 Å². The van der Waals surface area contributed by atoms with Gasteiger partial charge in [-0.2, -0.15) is 0 Å². The Morgan fingerprint density at radius 2 is 1.89 bits per heavy atom. The predicted molar refractivity (Wildman–Crippen MR) is 78.0 cm³/mol. The lowest BCUT2D eigenvalue weighted by atomic mass is 10.1. The van der Waals surface area contributed by atoms with Gasteiger partial charge in [-0.1, -0.05) is 15.9 Å². The van der Waals surface area contributed by atoms with Crippen LogP contribution in [0.15, 0.2) is 21.4 Å². The molecule has 0 atom stereocenters. The van der Waals surface area contributed by atoms with Gasteiger partial charge < -0.3 is 10.3 Å². The maximum Gasteiger partial charge on any atom is 0.255 e. The molecule has 4 nitrogen and oxygen atoms in total. The van der Waals surface area contributed by atoms with Gasteiger partial charge in [0, 0.05) is 23.1 Å². The Labute approximate surface area is 119 Å². The van der Waals surface area contributed by atoms with Crippen molar-refractivity contribution in [1.82, 2.24) is 15.3 Å². The third-order valence-corrected chi connectivity index (χ3v) is 4.66. The molecule has 0 saturated heterocycles. The Hall–Kier alpha value is -1.46. The van der Waals surface area contributed by atoms with E-state index in [0.717, 1.165) is 32.4 Å². The van der Waals surface area contributed by atoms with Gasteiger partial charge >= 0.3 is 0 Å². The lowest BCUT2D eigenvalue weighted by molar-refractivity contribution is 0.757. The largest absolute Gasteiger partial charge is 0.307 e. The lowest BCUT2D eigenvalue weighted by Crippen LogP contribution is -2.15. The molecular formula is C14H14BrN3O. The van der Waals surface area contributed by atoms with E-state index in [4.69, 9.17) is 0 Å². The molecule has 0 fully saturated rings. The van der Waals surface area contributed by atoms with Crippen LogP contribution in [0.25, 0.3) is 11.4 Å². The number of aromatic amines is 1. The molecule has 0 spiro atoms. The van der Waals surface area contributed by atoms with Crippen LogP contribution in [0.4, 0.5) is 0 Å². The van der Waals surface area contributed by atoms with E-state index in [0.29, 0.717) is 18.9 Å². The topological polar surface area (TPSA) is 57.8 Å². The number of nitrogens with zero attached hydrogens (tertiary/aromatic N) is 1. The maximum absolute atomic E-state index is 12.0. The van der Waals surface area contributed by atoms with Gasteiger partial charge in [-0.25, -0.2) is 4.98 Å². The van der Waals surface area contributed by atoms with Crippen LogP contribution >= 0.6 is 15.9 Å². The Balaban J connectivity index is 2.18. The highest BCUT2D eigenvalue weighted by atomic mass is 79.9. The standard InChI is InChI=1S/C14H14BrN3O/c1-7-3-9(4-8(2)12(7)15)13-17-11-6-16-5-10(11)14(19)18-13/h3-4,16H,5-6H2,1-2H3,(H,17,18,19). The van der Waals surface area contributed by atoms with Crippen molar-refractivity contribution in [2.24, 2.45) is 0 Å². The fourth-order valence-corrected chi connectivity index (χ4v) is 2.63. The number of rotatable bonds is 1. The zero-order chi connectivity index (χ0) is 13.6. The first-order chi connectivity index (χ1) is 9.06. The zero-order valence-corrected chi connectivity index (χ0v) is 12.4. The molecule has 0 radical (unpaired) electrons. The van der Waals surface area contributed by atoms with Crippen molar-refractivity contribution in [1.29, 1.82) is 0 Å². The molecule has 0 saturated carbocycles. The van der Waals surface area contributed by atoms with Gasteiger partial charge in [-0.05, 0) is 37.1 Å². The number of aromatic nitrogens is 2. The van der Waals surface area contributed by atoms with E-state index in [1.807, 2.05) is 26.0 Å². The molecule has 98 valence electrons. The van der Waals surface area contributed by atoms with Crippen LogP contribution in [0.5, 0.6) is 0 Å². The second kappa shape index (κ2) is 4.58. The average molecular weight is 320 g/mol. The molecule has 0 bridgehead atoms. The third kappa shape index (κ3) is 2.13. The number of aryl methyl sites for hydroxylation is 2. The Bertz CT molecular complexity index is 698. The first-order valence-electron chi connectivity index (χ1n) is 6.16. The summed E-state index contributed by atoms with van der Waals surface area (Å²) in [6.45, 7) is 5.35. The highest BCUT2D eigenvalue weighted by Crippen LogP contribution is 2.27. The van der Waals surface area contributed by atoms with Crippen molar-refractivity contribution in [3.05, 3.63) is 49.3 Å². The Morgan fingerprint density at radius 3 is 2.58 bits per heavy atom. The van der Waals surface area contributed by atoms with Gasteiger partial charge in [0.1, 0.15) is 5.82 Å². The molecule has 0 aliphatic carbocycles. The lowest BCUT2D eigenvalue weighted by Gasteiger charge is -2.08. The van der Waals surface area contributed by atoms with Crippen molar-refractivity contribution in [2.75, 3.05) is 0 Å². The maximum atomic E-state index is 12.0. The fourth-order valence-electron chi connectivity index (χ4n) is 2.40. The van der Waals surface area contributed by atoms with Gasteiger partial charge in [0.25, 0.3) is 5.56 Å². The monoisotopic (exact) mass is 319 g/mol. The van der Waals surface area contributed by atoms with Crippen LogP contribution in [-0.4, -0.2) is 9.97 Å². The normalized spacial score (nSPS) is 13.6. The first kappa shape index (κ1) is 12.6. The highest BCUT2D eigenvalue weighted by Gasteiger charge is 2.17. The molecule has 1 aromatic heterocycles. The Kier molecular flexibility index (Phi) is 3.03. The van der Waals surface area contributed by atoms with Crippen molar-refractivity contribution in [3.63, 3.8) is 0 Å². The van der Waals surface area contributed by atoms with E-state index in [9.17, 15) is 4.79 Å². The highest BCUT2D eigenvalue weighted by molar-refractivity contribution is 9.10. The summed E-state index contributed by atoms with van der Waals surface area (Å²) in [5.74, 6) is 0.645. The van der Waals surface area contributed by atoms with E-state index >= 15 is 0 Å². The summed E-state index contributed by atoms with van der Waals surface area (Å²) in [7, 11) is 0. The van der Waals surface area contributed by atoms with E-state index in [1.165, 1.54) is 0 Å². The molecule has 2 aromatic rings. The van der Waals surface area contributed by atoms with Crippen LogP contribution in [0.1, 0.15) is 22.4 Å². The van der Waals surface area contributed by atoms with Gasteiger partial charge in [0.2, 0.25) is 0 Å². The molecule has 0 amide bonds. The van der Waals surface area contributed by atoms with Gasteiger partial charge in [-0.15, -0.1) is 0 Å². The molecular weight excluding hydrogens is 306 g/mol. The SMILES string of the molecule is Cc1cc(-c2nc3c(c(=O)[nH]2)CNC3)cc(C)c1Br. The fraction of sp³-hybridized carbons (Fsp3) is 0.286. The minimum atomic E-state index is -0.0387. The van der Waals surface area contributed by atoms with Crippen molar-refractivity contribution in [3.8, 4) is 11.4 Å². The second-order valence-corrected chi connectivity index (χ2v) is 5.66. The number of hydrogen-bond acceptors (Lipinski definition) is 3. The molecule has 0 unspecified atom stereocenters. The predicted octanol–water partition coefficient (Wildman–Crippen LogP) is 2.42. The molecule has 19 heavy (non-hydrogen) atoms. The summed E-state index contributed by atoms with van der Waals surface area (Å²) in [6.07, 6.45) is 0. The van der Waals surface area contributed by atoms with E-state index in [1.54, 1.807) is 0 Å². The Morgan fingerprint density at radius 1 is 1.21 bits per heavy atom. The molecule has 1 aliphatic rings. The minimum Gasteiger partial charge on any atom is -0.307 e. The van der Waals surface area contributed by atoms with Crippen molar-refractivity contribution >= 4 is 15.9 Å². The molecule has 2 N–H and O–H groups in total. The quantitative estimate of drug-likeness (QED) is 0.848. The number of hydrogen-bond donors (Lipinski definition) is 2. The summed E-state index contributed by atoms with van der Waals surface area (Å²) in [5, 5.41) is 3.15. The van der Waals surface area contributed by atoms with Crippen molar-refractivity contribution in [2.45, 2.75) is 26.9 Å². The molecule has 1 aliphatic heterocycles. The summed E-state index contributed by atoms with van der Waals surface area (Å²) in [5.41, 5.74) is 4.80. The van der Waals surface area contributed by atoms with Crippen LogP contribution in [0.3, 0.4) is 0 Å². The number of H-pyrrole nitrogens is 1. The van der Waals surface area contributed by atoms with Crippen molar-refractivity contribution < 1.29 is 0 Å². The van der Waals surface area contributed by atoms with E-state index in [-0.39, 0.29) is 5.56 Å². The van der Waals surface area contributed by atoms with E-state index in [2.05, 4.69) is 31.2 Å². The van der Waals surface area contributed by atoms with Crippen LogP contribution in [0, 0.1) is 13.8 Å². The molecule has 3 rings (SSSR count). The summed E-state index contributed by atoms with van der Waals surface area (Å²) in [4.78, 5) is 19.4. The number of benzene rings is 1. The third-order valence-electron chi connectivity index (χ3n) is 3.41. The summed E-state index contributed by atoms with van der Waals surface area (Å²) in [6, 6.07) is 4.06. The second-order valence-electron chi connectivity index (χ2n) is 4.87.